The second kappa shape index (κ2) is 7.23. The largest absolute Gasteiger partial charge is 0.308 e. The Morgan fingerprint density at radius 2 is 1.77 bits per heavy atom. The normalized spacial score (nSPS) is 17.5. The first-order valence-corrected chi connectivity index (χ1v) is 11.7. The summed E-state index contributed by atoms with van der Waals surface area (Å²) in [5.41, 5.74) is 3.64. The van der Waals surface area contributed by atoms with Crippen molar-refractivity contribution in [2.45, 2.75) is 57.4 Å². The summed E-state index contributed by atoms with van der Waals surface area (Å²) in [6.45, 7) is 8.17. The van der Waals surface area contributed by atoms with E-state index < -0.39 is 22.0 Å². The molecule has 2 amide bonds. The molecule has 2 heterocycles. The van der Waals surface area contributed by atoms with Gasteiger partial charge in [-0.15, -0.1) is 0 Å². The molecule has 0 saturated carbocycles. The zero-order valence-corrected chi connectivity index (χ0v) is 18.5. The molecule has 0 atom stereocenters. The number of carbonyl (C=O) groups excluding carboxylic acids is 2. The Morgan fingerprint density at radius 3 is 2.43 bits per heavy atom. The van der Waals surface area contributed by atoms with Gasteiger partial charge in [0.05, 0.1) is 5.56 Å². The Morgan fingerprint density at radius 1 is 1.03 bits per heavy atom. The van der Waals surface area contributed by atoms with Crippen LogP contribution in [0.3, 0.4) is 0 Å². The van der Waals surface area contributed by atoms with E-state index in [1.165, 1.54) is 17.7 Å². The van der Waals surface area contributed by atoms with Gasteiger partial charge in [-0.25, -0.2) is 12.7 Å². The van der Waals surface area contributed by atoms with Gasteiger partial charge in [0.2, 0.25) is 0 Å². The SMILES string of the molecule is CC(C)c1ccc2c(c1)CCCN2C(=O)c1ccc2c(c1)S(=O)(=O)N(C(C)C)C2=O. The maximum Gasteiger partial charge on any atom is 0.269 e. The van der Waals surface area contributed by atoms with E-state index in [0.717, 1.165) is 28.4 Å². The molecule has 30 heavy (non-hydrogen) atoms. The van der Waals surface area contributed by atoms with E-state index in [0.29, 0.717) is 12.5 Å². The van der Waals surface area contributed by atoms with Crippen molar-refractivity contribution >= 4 is 27.5 Å². The summed E-state index contributed by atoms with van der Waals surface area (Å²) in [5, 5.41) is 0. The van der Waals surface area contributed by atoms with Gasteiger partial charge in [0, 0.05) is 23.8 Å². The van der Waals surface area contributed by atoms with Gasteiger partial charge in [-0.2, -0.15) is 0 Å². The van der Waals surface area contributed by atoms with Crippen molar-refractivity contribution in [1.82, 2.24) is 4.31 Å². The molecule has 2 aliphatic rings. The lowest BCUT2D eigenvalue weighted by molar-refractivity contribution is 0.0845. The van der Waals surface area contributed by atoms with E-state index in [9.17, 15) is 18.0 Å². The molecule has 0 radical (unpaired) electrons. The topological polar surface area (TPSA) is 74.8 Å². The van der Waals surface area contributed by atoms with Crippen LogP contribution in [0.1, 0.15) is 71.9 Å². The highest BCUT2D eigenvalue weighted by Gasteiger charge is 2.43. The van der Waals surface area contributed by atoms with Gasteiger partial charge in [0.1, 0.15) is 4.90 Å². The molecule has 0 saturated heterocycles. The van der Waals surface area contributed by atoms with Crippen molar-refractivity contribution < 1.29 is 18.0 Å². The number of aryl methyl sites for hydroxylation is 1. The molecule has 2 aromatic carbocycles. The van der Waals surface area contributed by atoms with Crippen molar-refractivity contribution in [3.05, 3.63) is 58.7 Å². The second-order valence-corrected chi connectivity index (χ2v) is 10.3. The Balaban J connectivity index is 1.73. The number of fused-ring (bicyclic) bond motifs is 2. The monoisotopic (exact) mass is 426 g/mol. The molecule has 7 heteroatoms. The molecule has 0 aromatic heterocycles. The third-order valence-corrected chi connectivity index (χ3v) is 7.80. The van der Waals surface area contributed by atoms with Crippen molar-refractivity contribution in [2.75, 3.05) is 11.4 Å². The van der Waals surface area contributed by atoms with Gasteiger partial charge in [-0.05, 0) is 68.0 Å². The highest BCUT2D eigenvalue weighted by Crippen LogP contribution is 2.35. The highest BCUT2D eigenvalue weighted by atomic mass is 32.2. The van der Waals surface area contributed by atoms with Crippen molar-refractivity contribution in [3.8, 4) is 0 Å². The number of sulfonamides is 1. The lowest BCUT2D eigenvalue weighted by Crippen LogP contribution is -2.36. The molecule has 0 bridgehead atoms. The summed E-state index contributed by atoms with van der Waals surface area (Å²) in [5.74, 6) is -0.380. The average Bonchev–Trinajstić information content (AvgIpc) is 2.91. The van der Waals surface area contributed by atoms with E-state index in [1.54, 1.807) is 24.8 Å². The van der Waals surface area contributed by atoms with Gasteiger partial charge in [0.15, 0.2) is 0 Å². The minimum atomic E-state index is -3.94. The van der Waals surface area contributed by atoms with Crippen LogP contribution < -0.4 is 4.90 Å². The molecule has 0 unspecified atom stereocenters. The van der Waals surface area contributed by atoms with Crippen molar-refractivity contribution in [2.24, 2.45) is 0 Å². The highest BCUT2D eigenvalue weighted by molar-refractivity contribution is 7.90. The Bertz CT molecular complexity index is 1150. The number of anilines is 1. The number of nitrogens with zero attached hydrogens (tertiary/aromatic N) is 2. The van der Waals surface area contributed by atoms with Crippen LogP contribution in [0.5, 0.6) is 0 Å². The lowest BCUT2D eigenvalue weighted by atomic mass is 9.94. The predicted molar refractivity (Wildman–Crippen MR) is 115 cm³/mol. The molecule has 2 aromatic rings. The maximum atomic E-state index is 13.3. The summed E-state index contributed by atoms with van der Waals surface area (Å²) < 4.78 is 26.6. The summed E-state index contributed by atoms with van der Waals surface area (Å²) in [6.07, 6.45) is 1.76. The summed E-state index contributed by atoms with van der Waals surface area (Å²) in [4.78, 5) is 27.5. The molecule has 2 aliphatic heterocycles. The molecule has 0 spiro atoms. The maximum absolute atomic E-state index is 13.3. The van der Waals surface area contributed by atoms with E-state index in [4.69, 9.17) is 0 Å². The van der Waals surface area contributed by atoms with E-state index in [-0.39, 0.29) is 21.9 Å². The summed E-state index contributed by atoms with van der Waals surface area (Å²) in [7, 11) is -3.94. The lowest BCUT2D eigenvalue weighted by Gasteiger charge is -2.30. The number of benzene rings is 2. The smallest absolute Gasteiger partial charge is 0.269 e. The second-order valence-electron chi connectivity index (χ2n) is 8.51. The van der Waals surface area contributed by atoms with Crippen LogP contribution >= 0.6 is 0 Å². The van der Waals surface area contributed by atoms with E-state index in [1.807, 2.05) is 12.1 Å². The Labute approximate surface area is 177 Å². The van der Waals surface area contributed by atoms with Gasteiger partial charge < -0.3 is 4.90 Å². The predicted octanol–water partition coefficient (Wildman–Crippen LogP) is 3.96. The van der Waals surface area contributed by atoms with Crippen LogP contribution in [0.15, 0.2) is 41.3 Å². The van der Waals surface area contributed by atoms with Crippen LogP contribution in [-0.4, -0.2) is 37.1 Å². The van der Waals surface area contributed by atoms with Gasteiger partial charge in [0.25, 0.3) is 21.8 Å². The first kappa shape index (κ1) is 20.6. The van der Waals surface area contributed by atoms with Gasteiger partial charge >= 0.3 is 0 Å². The van der Waals surface area contributed by atoms with E-state index >= 15 is 0 Å². The minimum absolute atomic E-state index is 0.0839. The first-order chi connectivity index (χ1) is 14.1. The third-order valence-electron chi connectivity index (χ3n) is 5.80. The van der Waals surface area contributed by atoms with Crippen molar-refractivity contribution in [1.29, 1.82) is 0 Å². The van der Waals surface area contributed by atoms with Crippen LogP contribution in [0.25, 0.3) is 0 Å². The fraction of sp³-hybridized carbons (Fsp3) is 0.391. The number of rotatable bonds is 3. The van der Waals surface area contributed by atoms with E-state index in [2.05, 4.69) is 19.9 Å². The van der Waals surface area contributed by atoms with Gasteiger partial charge in [-0.1, -0.05) is 26.0 Å². The third kappa shape index (κ3) is 3.12. The summed E-state index contributed by atoms with van der Waals surface area (Å²) >= 11 is 0. The van der Waals surface area contributed by atoms with Crippen LogP contribution in [-0.2, 0) is 16.4 Å². The van der Waals surface area contributed by atoms with Gasteiger partial charge in [-0.3, -0.25) is 9.59 Å². The molecule has 158 valence electrons. The standard InChI is InChI=1S/C23H26N2O4S/c1-14(2)16-8-10-20-17(12-16)6-5-11-24(20)22(26)18-7-9-19-21(13-18)30(28,29)25(15(3)4)23(19)27/h7-10,12-15H,5-6,11H2,1-4H3. The van der Waals surface area contributed by atoms with Crippen LogP contribution in [0, 0.1) is 0 Å². The fourth-order valence-corrected chi connectivity index (χ4v) is 6.03. The average molecular weight is 427 g/mol. The number of carbonyl (C=O) groups is 2. The molecular formula is C23H26N2O4S. The molecule has 0 aliphatic carbocycles. The van der Waals surface area contributed by atoms with Crippen LogP contribution in [0.2, 0.25) is 0 Å². The molecule has 4 rings (SSSR count). The molecule has 0 fully saturated rings. The Kier molecular flexibility index (Phi) is 4.97. The summed E-state index contributed by atoms with van der Waals surface area (Å²) in [6, 6.07) is 10.1. The van der Waals surface area contributed by atoms with Crippen molar-refractivity contribution in [3.63, 3.8) is 0 Å². The minimum Gasteiger partial charge on any atom is -0.308 e. The molecular weight excluding hydrogens is 400 g/mol. The zero-order valence-electron chi connectivity index (χ0n) is 17.7. The molecule has 6 nitrogen and oxygen atoms in total. The first-order valence-electron chi connectivity index (χ1n) is 10.3. The molecule has 0 N–H and O–H groups in total. The fourth-order valence-electron chi connectivity index (χ4n) is 4.23. The number of amides is 2. The Hall–Kier alpha value is -2.67. The van der Waals surface area contributed by atoms with Crippen LogP contribution in [0.4, 0.5) is 5.69 Å². The number of hydrogen-bond donors (Lipinski definition) is 0. The zero-order chi connectivity index (χ0) is 21.8. The quantitative estimate of drug-likeness (QED) is 0.745. The number of hydrogen-bond acceptors (Lipinski definition) is 4.